The summed E-state index contributed by atoms with van der Waals surface area (Å²) in [5, 5.41) is 12.1. The first-order chi connectivity index (χ1) is 9.93. The molecule has 0 radical (unpaired) electrons. The van der Waals surface area contributed by atoms with E-state index >= 15 is 0 Å². The van der Waals surface area contributed by atoms with Crippen LogP contribution in [-0.4, -0.2) is 30.1 Å². The van der Waals surface area contributed by atoms with Crippen molar-refractivity contribution in [3.05, 3.63) is 27.7 Å². The zero-order chi connectivity index (χ0) is 15.8. The molecule has 0 saturated heterocycles. The topological polar surface area (TPSA) is 75.6 Å². The lowest BCUT2D eigenvalue weighted by molar-refractivity contribution is -0.142. The van der Waals surface area contributed by atoms with Gasteiger partial charge in [-0.25, -0.2) is 0 Å². The Morgan fingerprint density at radius 2 is 2.19 bits per heavy atom. The van der Waals surface area contributed by atoms with Gasteiger partial charge in [-0.1, -0.05) is 24.9 Å². The van der Waals surface area contributed by atoms with Crippen LogP contribution in [0.3, 0.4) is 0 Å². The Morgan fingerprint density at radius 3 is 2.76 bits per heavy atom. The molecule has 1 rings (SSSR count). The molecule has 1 amide bonds. The summed E-state index contributed by atoms with van der Waals surface area (Å²) in [5.41, 5.74) is 0. The van der Waals surface area contributed by atoms with E-state index in [0.717, 1.165) is 6.42 Å². The highest BCUT2D eigenvalue weighted by molar-refractivity contribution is 9.10. The number of ether oxygens (including phenoxy) is 1. The van der Waals surface area contributed by atoms with Gasteiger partial charge in [-0.3, -0.25) is 9.59 Å². The van der Waals surface area contributed by atoms with E-state index in [1.54, 1.807) is 18.2 Å². The first-order valence-corrected chi connectivity index (χ1v) is 7.68. The number of hydrogen-bond acceptors (Lipinski definition) is 3. The molecular weight excluding hydrogens is 362 g/mol. The van der Waals surface area contributed by atoms with Crippen molar-refractivity contribution in [1.82, 2.24) is 5.32 Å². The van der Waals surface area contributed by atoms with Crippen molar-refractivity contribution in [2.75, 3.05) is 13.2 Å². The summed E-state index contributed by atoms with van der Waals surface area (Å²) in [6.45, 7) is 1.82. The van der Waals surface area contributed by atoms with E-state index in [-0.39, 0.29) is 19.1 Å². The van der Waals surface area contributed by atoms with Gasteiger partial charge in [0.1, 0.15) is 5.75 Å². The second-order valence-corrected chi connectivity index (χ2v) is 5.78. The molecular formula is C14H17BrClNO4. The average molecular weight is 379 g/mol. The molecule has 0 bridgehead atoms. The summed E-state index contributed by atoms with van der Waals surface area (Å²) in [6.07, 6.45) is 1.28. The Hall–Kier alpha value is -1.27. The van der Waals surface area contributed by atoms with Crippen LogP contribution in [0, 0.1) is 5.92 Å². The van der Waals surface area contributed by atoms with Crippen molar-refractivity contribution in [3.8, 4) is 5.75 Å². The number of carboxylic acid groups (broad SMARTS) is 1. The van der Waals surface area contributed by atoms with Crippen molar-refractivity contribution >= 4 is 39.4 Å². The van der Waals surface area contributed by atoms with Crippen molar-refractivity contribution in [2.24, 2.45) is 5.92 Å². The van der Waals surface area contributed by atoms with Crippen LogP contribution in [-0.2, 0) is 9.59 Å². The summed E-state index contributed by atoms with van der Waals surface area (Å²) in [4.78, 5) is 22.6. The summed E-state index contributed by atoms with van der Waals surface area (Å²) in [6, 6.07) is 4.97. The second-order valence-electron chi connectivity index (χ2n) is 4.49. The van der Waals surface area contributed by atoms with Gasteiger partial charge in [0.05, 0.1) is 10.4 Å². The van der Waals surface area contributed by atoms with Crippen LogP contribution in [0.4, 0.5) is 0 Å². The highest BCUT2D eigenvalue weighted by Gasteiger charge is 2.17. The monoisotopic (exact) mass is 377 g/mol. The normalized spacial score (nSPS) is 11.8. The highest BCUT2D eigenvalue weighted by atomic mass is 79.9. The first-order valence-electron chi connectivity index (χ1n) is 6.51. The quantitative estimate of drug-likeness (QED) is 0.729. The Bertz CT molecular complexity index is 510. The second kappa shape index (κ2) is 8.89. The average Bonchev–Trinajstić information content (AvgIpc) is 2.42. The molecule has 0 heterocycles. The zero-order valence-electron chi connectivity index (χ0n) is 11.6. The Balaban J connectivity index is 2.41. The number of benzene rings is 1. The van der Waals surface area contributed by atoms with Crippen molar-refractivity contribution < 1.29 is 19.4 Å². The van der Waals surface area contributed by atoms with E-state index in [0.29, 0.717) is 21.7 Å². The number of nitrogens with one attached hydrogen (secondary N) is 1. The van der Waals surface area contributed by atoms with Crippen molar-refractivity contribution in [1.29, 1.82) is 0 Å². The fourth-order valence-electron chi connectivity index (χ4n) is 1.68. The molecule has 0 aliphatic heterocycles. The van der Waals surface area contributed by atoms with Crippen LogP contribution >= 0.6 is 27.5 Å². The van der Waals surface area contributed by atoms with Crippen molar-refractivity contribution in [2.45, 2.75) is 19.8 Å². The van der Waals surface area contributed by atoms with Gasteiger partial charge in [-0.2, -0.15) is 0 Å². The van der Waals surface area contributed by atoms with Crippen LogP contribution in [0.5, 0.6) is 5.75 Å². The van der Waals surface area contributed by atoms with E-state index in [2.05, 4.69) is 21.2 Å². The van der Waals surface area contributed by atoms with Crippen LogP contribution < -0.4 is 10.1 Å². The minimum atomic E-state index is -0.904. The summed E-state index contributed by atoms with van der Waals surface area (Å²) in [5.74, 6) is -1.34. The summed E-state index contributed by atoms with van der Waals surface area (Å²) in [7, 11) is 0. The maximum Gasteiger partial charge on any atom is 0.308 e. The van der Waals surface area contributed by atoms with Gasteiger partial charge in [-0.05, 0) is 40.5 Å². The fourth-order valence-corrected chi connectivity index (χ4v) is 2.48. The molecule has 0 saturated carbocycles. The van der Waals surface area contributed by atoms with Gasteiger partial charge in [0.25, 0.3) is 5.91 Å². The Morgan fingerprint density at radius 1 is 1.48 bits per heavy atom. The molecule has 21 heavy (non-hydrogen) atoms. The first kappa shape index (κ1) is 17.8. The number of halogens is 2. The van der Waals surface area contributed by atoms with Gasteiger partial charge in [0.15, 0.2) is 6.61 Å². The molecule has 1 aromatic carbocycles. The van der Waals surface area contributed by atoms with E-state index < -0.39 is 11.9 Å². The third-order valence-electron chi connectivity index (χ3n) is 2.78. The standard InChI is InChI=1S/C14H17BrClNO4/c1-2-3-9(14(19)20)7-17-13(18)8-21-12-5-4-10(16)6-11(12)15/h4-6,9H,2-3,7-8H2,1H3,(H,17,18)(H,19,20). The predicted octanol–water partition coefficient (Wildman–Crippen LogP) is 3.10. The van der Waals surface area contributed by atoms with Crippen LogP contribution in [0.25, 0.3) is 0 Å². The van der Waals surface area contributed by atoms with Crippen LogP contribution in [0.15, 0.2) is 22.7 Å². The predicted molar refractivity (Wildman–Crippen MR) is 83.7 cm³/mol. The van der Waals surface area contributed by atoms with Gasteiger partial charge < -0.3 is 15.2 Å². The van der Waals surface area contributed by atoms with E-state index in [9.17, 15) is 9.59 Å². The number of amides is 1. The lowest BCUT2D eigenvalue weighted by atomic mass is 10.0. The van der Waals surface area contributed by atoms with Gasteiger partial charge >= 0.3 is 5.97 Å². The largest absolute Gasteiger partial charge is 0.483 e. The number of carboxylic acids is 1. The molecule has 5 nitrogen and oxygen atoms in total. The number of hydrogen-bond donors (Lipinski definition) is 2. The number of carbonyl (C=O) groups is 2. The highest BCUT2D eigenvalue weighted by Crippen LogP contribution is 2.27. The maximum atomic E-state index is 11.7. The Labute approximate surface area is 136 Å². The molecule has 7 heteroatoms. The fraction of sp³-hybridized carbons (Fsp3) is 0.429. The van der Waals surface area contributed by atoms with Gasteiger partial charge in [-0.15, -0.1) is 0 Å². The minimum absolute atomic E-state index is 0.104. The zero-order valence-corrected chi connectivity index (χ0v) is 13.9. The molecule has 0 aromatic heterocycles. The van der Waals surface area contributed by atoms with E-state index in [4.69, 9.17) is 21.4 Å². The number of carbonyl (C=O) groups excluding carboxylic acids is 1. The van der Waals surface area contributed by atoms with E-state index in [1.807, 2.05) is 6.92 Å². The van der Waals surface area contributed by atoms with Gasteiger partial charge in [0.2, 0.25) is 0 Å². The lowest BCUT2D eigenvalue weighted by Gasteiger charge is -2.13. The third kappa shape index (κ3) is 6.35. The lowest BCUT2D eigenvalue weighted by Crippen LogP contribution is -2.35. The van der Waals surface area contributed by atoms with Crippen LogP contribution in [0.2, 0.25) is 5.02 Å². The van der Waals surface area contributed by atoms with E-state index in [1.165, 1.54) is 0 Å². The third-order valence-corrected chi connectivity index (χ3v) is 3.64. The Kier molecular flexibility index (Phi) is 7.53. The van der Waals surface area contributed by atoms with Gasteiger partial charge in [0, 0.05) is 11.6 Å². The molecule has 1 aromatic rings. The smallest absolute Gasteiger partial charge is 0.308 e. The molecule has 2 N–H and O–H groups in total. The number of aliphatic carboxylic acids is 1. The minimum Gasteiger partial charge on any atom is -0.483 e. The molecule has 1 unspecified atom stereocenters. The molecule has 116 valence electrons. The molecule has 1 atom stereocenters. The van der Waals surface area contributed by atoms with Crippen LogP contribution in [0.1, 0.15) is 19.8 Å². The molecule has 0 fully saturated rings. The molecule has 0 spiro atoms. The maximum absolute atomic E-state index is 11.7. The molecule has 0 aliphatic carbocycles. The molecule has 0 aliphatic rings. The summed E-state index contributed by atoms with van der Waals surface area (Å²) < 4.78 is 5.99. The number of rotatable bonds is 8. The summed E-state index contributed by atoms with van der Waals surface area (Å²) >= 11 is 9.08. The van der Waals surface area contributed by atoms with Crippen molar-refractivity contribution in [3.63, 3.8) is 0 Å². The SMILES string of the molecule is CCCC(CNC(=O)COc1ccc(Cl)cc1Br)C(=O)O.